The van der Waals surface area contributed by atoms with Crippen LogP contribution < -0.4 is 5.32 Å². The first kappa shape index (κ1) is 20.5. The van der Waals surface area contributed by atoms with Crippen LogP contribution in [0.3, 0.4) is 0 Å². The van der Waals surface area contributed by atoms with E-state index < -0.39 is 0 Å². The molecule has 1 atom stereocenters. The number of ether oxygens (including phenoxy) is 2. The molecule has 2 saturated heterocycles. The van der Waals surface area contributed by atoms with E-state index >= 15 is 0 Å². The molecule has 0 bridgehead atoms. The average molecular weight is 439 g/mol. The number of hydrogen-bond donors (Lipinski definition) is 1. The van der Waals surface area contributed by atoms with Crippen LogP contribution >= 0.6 is 24.0 Å². The number of hydrogen-bond acceptors (Lipinski definition) is 4. The second kappa shape index (κ2) is 10.3. The van der Waals surface area contributed by atoms with Crippen molar-refractivity contribution in [3.8, 4) is 0 Å². The summed E-state index contributed by atoms with van der Waals surface area (Å²) in [6, 6.07) is 0. The number of nitrogens with one attached hydrogen (secondary N) is 1. The molecule has 7 heteroatoms. The highest BCUT2D eigenvalue weighted by atomic mass is 127. The summed E-state index contributed by atoms with van der Waals surface area (Å²) in [7, 11) is 1.43. The average Bonchev–Trinajstić information content (AvgIpc) is 3.16. The van der Waals surface area contributed by atoms with Crippen LogP contribution in [0.1, 0.15) is 39.0 Å². The number of unbranched alkanes of at least 4 members (excludes halogenated alkanes) is 1. The van der Waals surface area contributed by atoms with Crippen LogP contribution in [0.15, 0.2) is 4.99 Å². The van der Waals surface area contributed by atoms with Crippen molar-refractivity contribution in [1.29, 1.82) is 0 Å². The molecule has 1 N–H and O–H groups in total. The summed E-state index contributed by atoms with van der Waals surface area (Å²) in [6.07, 6.45) is 4.58. The smallest absolute Gasteiger partial charge is 0.305 e. The minimum absolute atomic E-state index is 0. The lowest BCUT2D eigenvalue weighted by atomic mass is 9.87. The topological polar surface area (TPSA) is 63.2 Å². The summed E-state index contributed by atoms with van der Waals surface area (Å²) in [4.78, 5) is 18.1. The molecule has 2 aliphatic heterocycles. The molecule has 0 aliphatic carbocycles. The van der Waals surface area contributed by atoms with Gasteiger partial charge in [-0.1, -0.05) is 0 Å². The number of nitrogens with zero attached hydrogens (tertiary/aromatic N) is 2. The fourth-order valence-electron chi connectivity index (χ4n) is 3.18. The molecule has 0 radical (unpaired) electrons. The van der Waals surface area contributed by atoms with Crippen molar-refractivity contribution in [2.75, 3.05) is 46.5 Å². The molecular formula is C16H30IN3O3. The van der Waals surface area contributed by atoms with Crippen LogP contribution in [0.2, 0.25) is 0 Å². The van der Waals surface area contributed by atoms with Crippen LogP contribution in [0, 0.1) is 5.41 Å². The number of likely N-dealkylation sites (tertiary alicyclic amines) is 1. The van der Waals surface area contributed by atoms with Gasteiger partial charge in [0.15, 0.2) is 5.96 Å². The Morgan fingerprint density at radius 3 is 2.87 bits per heavy atom. The van der Waals surface area contributed by atoms with Crippen LogP contribution in [-0.4, -0.2) is 63.3 Å². The summed E-state index contributed by atoms with van der Waals surface area (Å²) < 4.78 is 10.2. The number of halogens is 1. The summed E-state index contributed by atoms with van der Waals surface area (Å²) in [5.74, 6) is 0.864. The Bertz CT molecular complexity index is 398. The Morgan fingerprint density at radius 1 is 1.39 bits per heavy atom. The Labute approximate surface area is 156 Å². The number of rotatable bonds is 6. The predicted octanol–water partition coefficient (Wildman–Crippen LogP) is 2.03. The standard InChI is InChI=1S/C16H29N3O3.HI/c1-3-17-15(18-9-5-4-6-14(20)21-2)19-10-7-16(12-19)8-11-22-13-16;/h3-13H2,1-2H3,(H,17,18);1H. The van der Waals surface area contributed by atoms with Crippen molar-refractivity contribution in [2.45, 2.75) is 39.0 Å². The van der Waals surface area contributed by atoms with Gasteiger partial charge >= 0.3 is 5.97 Å². The van der Waals surface area contributed by atoms with Gasteiger partial charge in [-0.3, -0.25) is 9.79 Å². The summed E-state index contributed by atoms with van der Waals surface area (Å²) in [5.41, 5.74) is 0.348. The second-order valence-corrected chi connectivity index (χ2v) is 6.24. The second-order valence-electron chi connectivity index (χ2n) is 6.24. The number of carbonyl (C=O) groups is 1. The lowest BCUT2D eigenvalue weighted by Crippen LogP contribution is -2.41. The van der Waals surface area contributed by atoms with Crippen molar-refractivity contribution < 1.29 is 14.3 Å². The van der Waals surface area contributed by atoms with E-state index in [1.807, 2.05) is 0 Å². The van der Waals surface area contributed by atoms with E-state index in [4.69, 9.17) is 9.73 Å². The number of guanidine groups is 1. The maximum atomic E-state index is 11.1. The molecule has 134 valence electrons. The Balaban J connectivity index is 0.00000264. The van der Waals surface area contributed by atoms with Crippen molar-refractivity contribution in [2.24, 2.45) is 10.4 Å². The van der Waals surface area contributed by atoms with E-state index in [9.17, 15) is 4.79 Å². The quantitative estimate of drug-likeness (QED) is 0.226. The first-order valence-corrected chi connectivity index (χ1v) is 8.37. The Kier molecular flexibility index (Phi) is 9.19. The highest BCUT2D eigenvalue weighted by molar-refractivity contribution is 14.0. The molecule has 6 nitrogen and oxygen atoms in total. The monoisotopic (exact) mass is 439 g/mol. The molecule has 2 heterocycles. The van der Waals surface area contributed by atoms with Crippen molar-refractivity contribution in [1.82, 2.24) is 10.2 Å². The van der Waals surface area contributed by atoms with Crippen molar-refractivity contribution in [3.05, 3.63) is 0 Å². The molecule has 0 aromatic carbocycles. The Hall–Kier alpha value is -0.570. The van der Waals surface area contributed by atoms with E-state index in [-0.39, 0.29) is 29.9 Å². The number of methoxy groups -OCH3 is 1. The zero-order valence-corrected chi connectivity index (χ0v) is 16.6. The van der Waals surface area contributed by atoms with E-state index in [1.54, 1.807) is 0 Å². The highest BCUT2D eigenvalue weighted by Gasteiger charge is 2.42. The maximum absolute atomic E-state index is 11.1. The third-order valence-corrected chi connectivity index (χ3v) is 4.54. The van der Waals surface area contributed by atoms with Crippen LogP contribution in [0.5, 0.6) is 0 Å². The normalized spacial score (nSPS) is 23.9. The Morgan fingerprint density at radius 2 is 2.22 bits per heavy atom. The lowest BCUT2D eigenvalue weighted by Gasteiger charge is -2.25. The van der Waals surface area contributed by atoms with Gasteiger partial charge in [0, 0.05) is 44.6 Å². The summed E-state index contributed by atoms with van der Waals surface area (Å²) in [5, 5.41) is 3.39. The SMILES string of the molecule is CCNC(=NCCCCC(=O)OC)N1CCC2(CCOC2)C1.I. The molecule has 2 aliphatic rings. The predicted molar refractivity (Wildman–Crippen MR) is 101 cm³/mol. The van der Waals surface area contributed by atoms with Gasteiger partial charge in [-0.25, -0.2) is 0 Å². The summed E-state index contributed by atoms with van der Waals surface area (Å²) in [6.45, 7) is 7.60. The largest absolute Gasteiger partial charge is 0.469 e. The zero-order chi connectivity index (χ0) is 15.8. The fourth-order valence-corrected chi connectivity index (χ4v) is 3.18. The number of carbonyl (C=O) groups excluding carboxylic acids is 1. The minimum atomic E-state index is -0.140. The highest BCUT2D eigenvalue weighted by Crippen LogP contribution is 2.38. The third-order valence-electron chi connectivity index (χ3n) is 4.54. The van der Waals surface area contributed by atoms with Gasteiger partial charge in [0.05, 0.1) is 13.7 Å². The van der Waals surface area contributed by atoms with E-state index in [2.05, 4.69) is 21.9 Å². The molecule has 0 amide bonds. The maximum Gasteiger partial charge on any atom is 0.305 e. The van der Waals surface area contributed by atoms with Gasteiger partial charge in [0.2, 0.25) is 0 Å². The van der Waals surface area contributed by atoms with Gasteiger partial charge in [-0.05, 0) is 32.6 Å². The third kappa shape index (κ3) is 6.10. The van der Waals surface area contributed by atoms with Gasteiger partial charge in [-0.15, -0.1) is 24.0 Å². The van der Waals surface area contributed by atoms with Gasteiger partial charge in [0.1, 0.15) is 0 Å². The minimum Gasteiger partial charge on any atom is -0.469 e. The zero-order valence-electron chi connectivity index (χ0n) is 14.3. The van der Waals surface area contributed by atoms with Crippen molar-refractivity contribution in [3.63, 3.8) is 0 Å². The van der Waals surface area contributed by atoms with Gasteiger partial charge < -0.3 is 19.7 Å². The molecule has 0 aromatic heterocycles. The first-order chi connectivity index (χ1) is 10.7. The molecule has 1 spiro atoms. The van der Waals surface area contributed by atoms with Crippen LogP contribution in [0.25, 0.3) is 0 Å². The van der Waals surface area contributed by atoms with E-state index in [0.29, 0.717) is 11.8 Å². The van der Waals surface area contributed by atoms with E-state index in [0.717, 1.165) is 58.2 Å². The van der Waals surface area contributed by atoms with Gasteiger partial charge in [-0.2, -0.15) is 0 Å². The molecule has 0 aromatic rings. The van der Waals surface area contributed by atoms with E-state index in [1.165, 1.54) is 20.0 Å². The van der Waals surface area contributed by atoms with Crippen LogP contribution in [0.4, 0.5) is 0 Å². The lowest BCUT2D eigenvalue weighted by molar-refractivity contribution is -0.140. The molecule has 1 unspecified atom stereocenters. The molecule has 2 fully saturated rings. The molecule has 2 rings (SSSR count). The molecule has 23 heavy (non-hydrogen) atoms. The number of esters is 1. The molecule has 0 saturated carbocycles. The van der Waals surface area contributed by atoms with Crippen molar-refractivity contribution >= 4 is 35.9 Å². The summed E-state index contributed by atoms with van der Waals surface area (Å²) >= 11 is 0. The number of aliphatic imine (C=N–C) groups is 1. The van der Waals surface area contributed by atoms with Crippen LogP contribution in [-0.2, 0) is 14.3 Å². The fraction of sp³-hybridized carbons (Fsp3) is 0.875. The molecular weight excluding hydrogens is 409 g/mol. The van der Waals surface area contributed by atoms with Gasteiger partial charge in [0.25, 0.3) is 0 Å². The first-order valence-electron chi connectivity index (χ1n) is 8.37.